The van der Waals surface area contributed by atoms with Crippen LogP contribution in [0.25, 0.3) is 0 Å². The molecule has 3 rings (SSSR count). The van der Waals surface area contributed by atoms with Gasteiger partial charge in [0.2, 0.25) is 11.5 Å². The van der Waals surface area contributed by atoms with Gasteiger partial charge in [0.25, 0.3) is 0 Å². The molecule has 0 radical (unpaired) electrons. The van der Waals surface area contributed by atoms with Crippen molar-refractivity contribution in [2.45, 2.75) is 71.3 Å². The van der Waals surface area contributed by atoms with Crippen LogP contribution in [0.15, 0.2) is 23.1 Å². The van der Waals surface area contributed by atoms with Crippen molar-refractivity contribution in [1.82, 2.24) is 4.98 Å². The standard InChI is InChI=1S/C21H31FN2O3/c1-12-8-14(3)19(9-13(12)2)27-18-5-4-15(22)10-17(18)21(26)24-16-6-7-23-20(25)11-16/h6-7,11-15,17-19H,4-5,8-10H2,1-3H3,(H2,23,24,25,26). The highest BCUT2D eigenvalue weighted by atomic mass is 19.1. The third kappa shape index (κ3) is 4.98. The van der Waals surface area contributed by atoms with E-state index in [1.807, 2.05) is 0 Å². The van der Waals surface area contributed by atoms with Crippen molar-refractivity contribution >= 4 is 11.6 Å². The molecule has 0 spiro atoms. The first-order valence-corrected chi connectivity index (χ1v) is 10.1. The number of aromatic nitrogens is 1. The SMILES string of the molecule is CC1CC(C)C(OC2CCC(F)CC2C(=O)Nc2cc[nH]c(=O)c2)CC1C. The molecule has 1 heterocycles. The molecular weight excluding hydrogens is 347 g/mol. The summed E-state index contributed by atoms with van der Waals surface area (Å²) >= 11 is 0. The van der Waals surface area contributed by atoms with Crippen molar-refractivity contribution in [3.05, 3.63) is 28.7 Å². The Hall–Kier alpha value is -1.69. The van der Waals surface area contributed by atoms with E-state index in [1.54, 1.807) is 6.07 Å². The summed E-state index contributed by atoms with van der Waals surface area (Å²) in [7, 11) is 0. The third-order valence-corrected chi connectivity index (χ3v) is 6.41. The van der Waals surface area contributed by atoms with Crippen molar-refractivity contribution in [3.8, 4) is 0 Å². The maximum Gasteiger partial charge on any atom is 0.249 e. The Morgan fingerprint density at radius 2 is 1.85 bits per heavy atom. The number of alkyl halides is 1. The molecule has 0 bridgehead atoms. The molecule has 150 valence electrons. The zero-order valence-corrected chi connectivity index (χ0v) is 16.4. The number of carbonyl (C=O) groups is 1. The van der Waals surface area contributed by atoms with E-state index < -0.39 is 12.1 Å². The minimum Gasteiger partial charge on any atom is -0.374 e. The van der Waals surface area contributed by atoms with Gasteiger partial charge in [-0.05, 0) is 55.9 Å². The minimum absolute atomic E-state index is 0.118. The first-order valence-electron chi connectivity index (χ1n) is 10.1. The van der Waals surface area contributed by atoms with Gasteiger partial charge in [0.15, 0.2) is 0 Å². The lowest BCUT2D eigenvalue weighted by Gasteiger charge is -2.41. The van der Waals surface area contributed by atoms with Crippen LogP contribution in [0.2, 0.25) is 0 Å². The lowest BCUT2D eigenvalue weighted by molar-refractivity contribution is -0.140. The van der Waals surface area contributed by atoms with E-state index in [-0.39, 0.29) is 30.1 Å². The number of hydrogen-bond donors (Lipinski definition) is 2. The zero-order chi connectivity index (χ0) is 19.6. The fourth-order valence-corrected chi connectivity index (χ4v) is 4.50. The molecule has 1 amide bonds. The predicted octanol–water partition coefficient (Wildman–Crippen LogP) is 3.91. The van der Waals surface area contributed by atoms with E-state index in [0.29, 0.717) is 36.3 Å². The molecule has 5 nitrogen and oxygen atoms in total. The molecule has 2 aliphatic rings. The highest BCUT2D eigenvalue weighted by Crippen LogP contribution is 2.38. The number of ether oxygens (including phenoxy) is 1. The molecule has 2 aliphatic carbocycles. The number of H-pyrrole nitrogens is 1. The van der Waals surface area contributed by atoms with Crippen LogP contribution >= 0.6 is 0 Å². The molecule has 0 saturated heterocycles. The molecule has 2 fully saturated rings. The van der Waals surface area contributed by atoms with E-state index in [4.69, 9.17) is 4.74 Å². The van der Waals surface area contributed by atoms with Gasteiger partial charge in [-0.15, -0.1) is 0 Å². The topological polar surface area (TPSA) is 71.2 Å². The molecule has 2 saturated carbocycles. The van der Waals surface area contributed by atoms with Gasteiger partial charge in [0.05, 0.1) is 18.1 Å². The van der Waals surface area contributed by atoms with Crippen LogP contribution in [-0.2, 0) is 9.53 Å². The van der Waals surface area contributed by atoms with Gasteiger partial charge < -0.3 is 15.0 Å². The van der Waals surface area contributed by atoms with E-state index in [0.717, 1.165) is 12.8 Å². The number of carbonyl (C=O) groups excluding carboxylic acids is 1. The van der Waals surface area contributed by atoms with Crippen molar-refractivity contribution in [3.63, 3.8) is 0 Å². The Labute approximate surface area is 160 Å². The largest absolute Gasteiger partial charge is 0.374 e. The maximum absolute atomic E-state index is 14.0. The van der Waals surface area contributed by atoms with Crippen molar-refractivity contribution < 1.29 is 13.9 Å². The Balaban J connectivity index is 1.69. The fourth-order valence-electron chi connectivity index (χ4n) is 4.50. The van der Waals surface area contributed by atoms with Gasteiger partial charge in [-0.1, -0.05) is 20.8 Å². The molecule has 0 aliphatic heterocycles. The Bertz CT molecular complexity index is 707. The Kier molecular flexibility index (Phi) is 6.35. The van der Waals surface area contributed by atoms with Crippen LogP contribution < -0.4 is 10.9 Å². The predicted molar refractivity (Wildman–Crippen MR) is 103 cm³/mol. The van der Waals surface area contributed by atoms with E-state index in [2.05, 4.69) is 31.1 Å². The summed E-state index contributed by atoms with van der Waals surface area (Å²) in [6, 6.07) is 2.95. The summed E-state index contributed by atoms with van der Waals surface area (Å²) in [5, 5.41) is 2.76. The summed E-state index contributed by atoms with van der Waals surface area (Å²) in [6.45, 7) is 6.74. The molecule has 7 atom stereocenters. The molecule has 1 aromatic heterocycles. The van der Waals surface area contributed by atoms with Crippen molar-refractivity contribution in [1.29, 1.82) is 0 Å². The smallest absolute Gasteiger partial charge is 0.249 e. The van der Waals surface area contributed by atoms with E-state index in [9.17, 15) is 14.0 Å². The number of rotatable bonds is 4. The molecule has 1 aromatic rings. The van der Waals surface area contributed by atoms with Crippen LogP contribution in [0.3, 0.4) is 0 Å². The molecule has 27 heavy (non-hydrogen) atoms. The molecule has 6 heteroatoms. The number of pyridine rings is 1. The zero-order valence-electron chi connectivity index (χ0n) is 16.4. The van der Waals surface area contributed by atoms with Crippen LogP contribution in [0, 0.1) is 23.7 Å². The lowest BCUT2D eigenvalue weighted by Crippen LogP contribution is -2.44. The second kappa shape index (κ2) is 8.55. The number of anilines is 1. The van der Waals surface area contributed by atoms with Crippen LogP contribution in [0.1, 0.15) is 52.9 Å². The average Bonchev–Trinajstić information content (AvgIpc) is 2.61. The fraction of sp³-hybridized carbons (Fsp3) is 0.714. The first-order chi connectivity index (χ1) is 12.8. The molecule has 7 unspecified atom stereocenters. The van der Waals surface area contributed by atoms with Crippen LogP contribution in [-0.4, -0.2) is 29.3 Å². The number of amides is 1. The highest BCUT2D eigenvalue weighted by Gasteiger charge is 2.40. The van der Waals surface area contributed by atoms with Gasteiger partial charge >= 0.3 is 0 Å². The average molecular weight is 378 g/mol. The van der Waals surface area contributed by atoms with Crippen LogP contribution in [0.5, 0.6) is 0 Å². The van der Waals surface area contributed by atoms with Gasteiger partial charge in [-0.3, -0.25) is 9.59 Å². The quantitative estimate of drug-likeness (QED) is 0.834. The molecular formula is C21H31FN2O3. The van der Waals surface area contributed by atoms with Crippen LogP contribution in [0.4, 0.5) is 10.1 Å². The van der Waals surface area contributed by atoms with Crippen molar-refractivity contribution in [2.75, 3.05) is 5.32 Å². The number of aromatic amines is 1. The van der Waals surface area contributed by atoms with Gasteiger partial charge in [0.1, 0.15) is 6.17 Å². The van der Waals surface area contributed by atoms with E-state index in [1.165, 1.54) is 12.3 Å². The monoisotopic (exact) mass is 378 g/mol. The Morgan fingerprint density at radius 1 is 1.11 bits per heavy atom. The Morgan fingerprint density at radius 3 is 2.59 bits per heavy atom. The molecule has 0 aromatic carbocycles. The van der Waals surface area contributed by atoms with Gasteiger partial charge in [0, 0.05) is 18.0 Å². The van der Waals surface area contributed by atoms with E-state index >= 15 is 0 Å². The summed E-state index contributed by atoms with van der Waals surface area (Å²) < 4.78 is 20.5. The lowest BCUT2D eigenvalue weighted by atomic mass is 9.74. The third-order valence-electron chi connectivity index (χ3n) is 6.41. The van der Waals surface area contributed by atoms with Crippen molar-refractivity contribution in [2.24, 2.45) is 23.7 Å². The summed E-state index contributed by atoms with van der Waals surface area (Å²) in [5.74, 6) is 0.909. The second-order valence-electron chi connectivity index (χ2n) is 8.56. The summed E-state index contributed by atoms with van der Waals surface area (Å²) in [6.07, 6.45) is 3.62. The number of nitrogens with one attached hydrogen (secondary N) is 2. The van der Waals surface area contributed by atoms with Gasteiger partial charge in [-0.25, -0.2) is 4.39 Å². The number of halogens is 1. The molecule has 2 N–H and O–H groups in total. The first kappa shape index (κ1) is 20.1. The maximum atomic E-state index is 14.0. The van der Waals surface area contributed by atoms with Gasteiger partial charge in [-0.2, -0.15) is 0 Å². The minimum atomic E-state index is -0.984. The summed E-state index contributed by atoms with van der Waals surface area (Å²) in [4.78, 5) is 26.7. The number of hydrogen-bond acceptors (Lipinski definition) is 3. The highest BCUT2D eigenvalue weighted by molar-refractivity contribution is 5.92. The second-order valence-corrected chi connectivity index (χ2v) is 8.56. The summed E-state index contributed by atoms with van der Waals surface area (Å²) in [5.41, 5.74) is 0.142. The normalized spacial score (nSPS) is 37.0.